The Morgan fingerprint density at radius 1 is 1.13 bits per heavy atom. The van der Waals surface area contributed by atoms with Gasteiger partial charge in [-0.15, -0.1) is 0 Å². The maximum Gasteiger partial charge on any atom is 0.262 e. The van der Waals surface area contributed by atoms with Crippen LogP contribution in [-0.2, 0) is 19.7 Å². The van der Waals surface area contributed by atoms with E-state index in [-0.39, 0.29) is 5.75 Å². The molecule has 3 nitrogen and oxygen atoms in total. The second-order valence-electron chi connectivity index (χ2n) is 4.38. The van der Waals surface area contributed by atoms with Gasteiger partial charge in [0, 0.05) is 0 Å². The van der Waals surface area contributed by atoms with Gasteiger partial charge in [0.05, 0.1) is 5.75 Å². The smallest absolute Gasteiger partial charge is 0.262 e. The van der Waals surface area contributed by atoms with Crippen molar-refractivity contribution in [3.63, 3.8) is 0 Å². The standard InChI is InChI=1S/C10H16O3SSi/c1-15(2,3)13-14(11,12)9-10-7-5-4-6-8-10/h4-8H,9H2,1-3H3. The van der Waals surface area contributed by atoms with Gasteiger partial charge in [-0.2, -0.15) is 0 Å². The van der Waals surface area contributed by atoms with Crippen molar-refractivity contribution in [1.82, 2.24) is 0 Å². The van der Waals surface area contributed by atoms with Crippen molar-refractivity contribution >= 4 is 18.4 Å². The first-order valence-corrected chi connectivity index (χ1v) is 9.74. The van der Waals surface area contributed by atoms with E-state index in [1.54, 1.807) is 12.1 Å². The summed E-state index contributed by atoms with van der Waals surface area (Å²) in [6, 6.07) is 9.06. The van der Waals surface area contributed by atoms with Crippen LogP contribution in [0.3, 0.4) is 0 Å². The van der Waals surface area contributed by atoms with Crippen molar-refractivity contribution in [3.05, 3.63) is 35.9 Å². The highest BCUT2D eigenvalue weighted by molar-refractivity contribution is 7.87. The summed E-state index contributed by atoms with van der Waals surface area (Å²) in [6.07, 6.45) is 0. The highest BCUT2D eigenvalue weighted by Crippen LogP contribution is 2.13. The minimum atomic E-state index is -3.43. The minimum absolute atomic E-state index is 0.0435. The first kappa shape index (κ1) is 12.4. The van der Waals surface area contributed by atoms with E-state index in [2.05, 4.69) is 0 Å². The Hall–Kier alpha value is -0.653. The van der Waals surface area contributed by atoms with Crippen LogP contribution in [0.15, 0.2) is 30.3 Å². The molecule has 0 fully saturated rings. The molecule has 0 atom stereocenters. The van der Waals surface area contributed by atoms with Gasteiger partial charge in [0.15, 0.2) is 0 Å². The Labute approximate surface area is 92.3 Å². The van der Waals surface area contributed by atoms with Crippen LogP contribution in [0.25, 0.3) is 0 Å². The van der Waals surface area contributed by atoms with Crippen LogP contribution in [0.1, 0.15) is 5.56 Å². The van der Waals surface area contributed by atoms with Gasteiger partial charge in [-0.05, 0) is 25.2 Å². The van der Waals surface area contributed by atoms with Gasteiger partial charge in [0.25, 0.3) is 10.1 Å². The summed E-state index contributed by atoms with van der Waals surface area (Å²) in [4.78, 5) is 0. The maximum absolute atomic E-state index is 11.6. The predicted molar refractivity (Wildman–Crippen MR) is 63.5 cm³/mol. The van der Waals surface area contributed by atoms with Crippen LogP contribution < -0.4 is 0 Å². The number of rotatable bonds is 4. The first-order valence-electron chi connectivity index (χ1n) is 4.76. The van der Waals surface area contributed by atoms with E-state index in [1.165, 1.54) is 0 Å². The molecule has 0 N–H and O–H groups in total. The quantitative estimate of drug-likeness (QED) is 0.764. The van der Waals surface area contributed by atoms with Crippen LogP contribution in [0.5, 0.6) is 0 Å². The summed E-state index contributed by atoms with van der Waals surface area (Å²) in [5.41, 5.74) is 0.760. The van der Waals surface area contributed by atoms with E-state index in [0.29, 0.717) is 0 Å². The van der Waals surface area contributed by atoms with E-state index >= 15 is 0 Å². The highest BCUT2D eigenvalue weighted by atomic mass is 32.2. The van der Waals surface area contributed by atoms with Crippen molar-refractivity contribution in [2.24, 2.45) is 0 Å². The summed E-state index contributed by atoms with van der Waals surface area (Å²) in [7, 11) is -5.47. The van der Waals surface area contributed by atoms with E-state index < -0.39 is 18.4 Å². The summed E-state index contributed by atoms with van der Waals surface area (Å²) in [5, 5.41) is 0. The Kier molecular flexibility index (Phi) is 3.70. The van der Waals surface area contributed by atoms with Crippen molar-refractivity contribution in [1.29, 1.82) is 0 Å². The van der Waals surface area contributed by atoms with Crippen LogP contribution in [0, 0.1) is 0 Å². The van der Waals surface area contributed by atoms with Crippen LogP contribution in [0.4, 0.5) is 0 Å². The fourth-order valence-corrected chi connectivity index (χ4v) is 5.07. The van der Waals surface area contributed by atoms with Gasteiger partial charge >= 0.3 is 0 Å². The van der Waals surface area contributed by atoms with Gasteiger partial charge in [-0.1, -0.05) is 30.3 Å². The molecule has 0 heterocycles. The van der Waals surface area contributed by atoms with Gasteiger partial charge < -0.3 is 3.87 Å². The largest absolute Gasteiger partial charge is 0.315 e. The molecule has 1 aromatic carbocycles. The Balaban J connectivity index is 2.74. The van der Waals surface area contributed by atoms with Gasteiger partial charge in [-0.3, -0.25) is 0 Å². The molecule has 0 aliphatic rings. The molecule has 0 aromatic heterocycles. The molecule has 0 saturated carbocycles. The lowest BCUT2D eigenvalue weighted by atomic mass is 10.2. The summed E-state index contributed by atoms with van der Waals surface area (Å²) >= 11 is 0. The minimum Gasteiger partial charge on any atom is -0.315 e. The number of hydrogen-bond acceptors (Lipinski definition) is 3. The first-order chi connectivity index (χ1) is 6.79. The highest BCUT2D eigenvalue weighted by Gasteiger charge is 2.24. The second-order valence-corrected chi connectivity index (χ2v) is 10.7. The number of benzene rings is 1. The molecule has 1 rings (SSSR count). The lowest BCUT2D eigenvalue weighted by Crippen LogP contribution is -2.29. The molecule has 1 aromatic rings. The van der Waals surface area contributed by atoms with Crippen molar-refractivity contribution in [3.8, 4) is 0 Å². The lowest BCUT2D eigenvalue weighted by molar-refractivity contribution is 0.484. The van der Waals surface area contributed by atoms with Crippen LogP contribution in [-0.4, -0.2) is 16.7 Å². The monoisotopic (exact) mass is 244 g/mol. The molecular weight excluding hydrogens is 228 g/mol. The SMILES string of the molecule is C[Si](C)(C)OS(=O)(=O)Cc1ccccc1. The molecular formula is C10H16O3SSi. The molecule has 5 heteroatoms. The second kappa shape index (κ2) is 4.47. The van der Waals surface area contributed by atoms with E-state index in [4.69, 9.17) is 3.87 Å². The fourth-order valence-electron chi connectivity index (χ4n) is 1.19. The summed E-state index contributed by atoms with van der Waals surface area (Å²) in [5.74, 6) is -0.0435. The fraction of sp³-hybridized carbons (Fsp3) is 0.400. The predicted octanol–water partition coefficient (Wildman–Crippen LogP) is 2.37. The van der Waals surface area contributed by atoms with Crippen molar-refractivity contribution < 1.29 is 12.3 Å². The summed E-state index contributed by atoms with van der Waals surface area (Å²) < 4.78 is 28.4. The zero-order valence-electron chi connectivity index (χ0n) is 9.23. The molecule has 15 heavy (non-hydrogen) atoms. The molecule has 0 saturated heterocycles. The average Bonchev–Trinajstić information content (AvgIpc) is 1.99. The molecule has 84 valence electrons. The normalized spacial score (nSPS) is 12.7. The lowest BCUT2D eigenvalue weighted by Gasteiger charge is -2.16. The van der Waals surface area contributed by atoms with Gasteiger partial charge in [-0.25, -0.2) is 8.42 Å². The zero-order chi connectivity index (χ0) is 11.5. The number of hydrogen-bond donors (Lipinski definition) is 0. The van der Waals surface area contributed by atoms with Gasteiger partial charge in [0.2, 0.25) is 8.32 Å². The Bertz CT molecular complexity index is 406. The third kappa shape index (κ3) is 5.11. The third-order valence-corrected chi connectivity index (χ3v) is 5.27. The summed E-state index contributed by atoms with van der Waals surface area (Å²) in [6.45, 7) is 5.57. The van der Waals surface area contributed by atoms with Crippen LogP contribution >= 0.6 is 0 Å². The molecule has 0 unspecified atom stereocenters. The van der Waals surface area contributed by atoms with Gasteiger partial charge in [0.1, 0.15) is 0 Å². The van der Waals surface area contributed by atoms with Crippen molar-refractivity contribution in [2.75, 3.05) is 0 Å². The Morgan fingerprint density at radius 2 is 1.67 bits per heavy atom. The molecule has 0 aliphatic heterocycles. The van der Waals surface area contributed by atoms with Crippen LogP contribution in [0.2, 0.25) is 19.6 Å². The molecule has 0 spiro atoms. The third-order valence-electron chi connectivity index (χ3n) is 1.56. The van der Waals surface area contributed by atoms with E-state index in [9.17, 15) is 8.42 Å². The van der Waals surface area contributed by atoms with Crippen molar-refractivity contribution in [2.45, 2.75) is 25.4 Å². The molecule has 0 radical (unpaired) electrons. The molecule has 0 bridgehead atoms. The maximum atomic E-state index is 11.6. The average molecular weight is 244 g/mol. The van der Waals surface area contributed by atoms with E-state index in [0.717, 1.165) is 5.56 Å². The molecule has 0 aliphatic carbocycles. The topological polar surface area (TPSA) is 43.4 Å². The van der Waals surface area contributed by atoms with E-state index in [1.807, 2.05) is 37.8 Å². The Morgan fingerprint density at radius 3 is 2.13 bits per heavy atom. The zero-order valence-corrected chi connectivity index (χ0v) is 11.0. The molecule has 0 amide bonds.